The van der Waals surface area contributed by atoms with Crippen LogP contribution in [0, 0.1) is 0 Å². The van der Waals surface area contributed by atoms with Gasteiger partial charge in [0.2, 0.25) is 0 Å². The predicted molar refractivity (Wildman–Crippen MR) is 126 cm³/mol. The minimum Gasteiger partial charge on any atom is -0.489 e. The summed E-state index contributed by atoms with van der Waals surface area (Å²) in [6, 6.07) is 27.5. The van der Waals surface area contributed by atoms with Gasteiger partial charge in [0.1, 0.15) is 18.1 Å². The Morgan fingerprint density at radius 2 is 1.61 bits per heavy atom. The molecule has 4 aromatic rings. The number of amides is 1. The maximum absolute atomic E-state index is 12.3. The third kappa shape index (κ3) is 5.77. The molecule has 2 N–H and O–H groups in total. The number of ether oxygens (including phenoxy) is 1. The Hall–Kier alpha value is -4.58. The normalized spacial score (nSPS) is 11.1. The highest BCUT2D eigenvalue weighted by molar-refractivity contribution is 6.02. The van der Waals surface area contributed by atoms with Gasteiger partial charge in [-0.2, -0.15) is 0 Å². The molecule has 0 spiro atoms. The molecule has 1 amide bonds. The van der Waals surface area contributed by atoms with Crippen molar-refractivity contribution >= 4 is 18.0 Å². The monoisotopic (exact) mass is 438 g/mol. The minimum absolute atomic E-state index is 0.209. The molecule has 0 aliphatic rings. The lowest BCUT2D eigenvalue weighted by Gasteiger charge is -2.09. The fraction of sp³-hybridized carbons (Fsp3) is 0.0370. The van der Waals surface area contributed by atoms with E-state index < -0.39 is 11.9 Å². The number of nitrogens with one attached hydrogen (secondary N) is 1. The topological polar surface area (TPSA) is 80.6 Å². The van der Waals surface area contributed by atoms with E-state index in [1.807, 2.05) is 47.3 Å². The van der Waals surface area contributed by atoms with Crippen molar-refractivity contribution in [2.45, 2.75) is 6.61 Å². The number of nitrogens with zero attached hydrogens (tertiary/aromatic N) is 1. The van der Waals surface area contributed by atoms with Crippen LogP contribution in [0.1, 0.15) is 21.5 Å². The summed E-state index contributed by atoms with van der Waals surface area (Å²) in [7, 11) is 0. The zero-order valence-corrected chi connectivity index (χ0v) is 17.7. The summed E-state index contributed by atoms with van der Waals surface area (Å²) in [6.45, 7) is 0.401. The molecule has 6 nitrogen and oxygen atoms in total. The van der Waals surface area contributed by atoms with Crippen LogP contribution in [0.2, 0.25) is 0 Å². The van der Waals surface area contributed by atoms with Gasteiger partial charge in [-0.05, 0) is 65.7 Å². The van der Waals surface area contributed by atoms with Gasteiger partial charge in [-0.3, -0.25) is 4.79 Å². The summed E-state index contributed by atoms with van der Waals surface area (Å²) in [6.07, 6.45) is 5.38. The van der Waals surface area contributed by atoms with E-state index >= 15 is 0 Å². The molecule has 1 aromatic heterocycles. The molecule has 6 heteroatoms. The van der Waals surface area contributed by atoms with Crippen LogP contribution in [-0.4, -0.2) is 21.6 Å². The minimum atomic E-state index is -1.22. The number of carboxylic acids is 1. The van der Waals surface area contributed by atoms with Gasteiger partial charge in [0.15, 0.2) is 0 Å². The lowest BCUT2D eigenvalue weighted by atomic mass is 10.1. The highest BCUT2D eigenvalue weighted by Crippen LogP contribution is 2.18. The van der Waals surface area contributed by atoms with Gasteiger partial charge in [0.05, 0.1) is 0 Å². The standard InChI is InChI=1S/C27H22N2O4/c30-26(22-8-2-1-3-9-22)28-25(27(31)32)18-20-11-13-24(14-12-20)33-19-21-7-6-10-23(17-21)29-15-4-5-16-29/h1-18H,19H2,(H,28,30)(H,31,32)/b25-18+. The molecule has 0 atom stereocenters. The van der Waals surface area contributed by atoms with Crippen LogP contribution in [0.3, 0.4) is 0 Å². The smallest absolute Gasteiger partial charge is 0.352 e. The first-order chi connectivity index (χ1) is 16.1. The molecule has 0 unspecified atom stereocenters. The SMILES string of the molecule is O=C(O)/C(=C\c1ccc(OCc2cccc(-n3cccc3)c2)cc1)NC(=O)c1ccccc1. The lowest BCUT2D eigenvalue weighted by Crippen LogP contribution is -2.27. The number of aromatic nitrogens is 1. The van der Waals surface area contributed by atoms with Crippen molar-refractivity contribution in [2.24, 2.45) is 0 Å². The maximum Gasteiger partial charge on any atom is 0.352 e. The quantitative estimate of drug-likeness (QED) is 0.383. The highest BCUT2D eigenvalue weighted by Gasteiger charge is 2.13. The fourth-order valence-electron chi connectivity index (χ4n) is 3.24. The Morgan fingerprint density at radius 1 is 0.879 bits per heavy atom. The van der Waals surface area contributed by atoms with Crippen LogP contribution in [-0.2, 0) is 11.4 Å². The van der Waals surface area contributed by atoms with Gasteiger partial charge in [-0.1, -0.05) is 42.5 Å². The Bertz CT molecular complexity index is 1260. The van der Waals surface area contributed by atoms with Gasteiger partial charge in [-0.15, -0.1) is 0 Å². The van der Waals surface area contributed by atoms with E-state index in [0.717, 1.165) is 11.3 Å². The molecular weight excluding hydrogens is 416 g/mol. The van der Waals surface area contributed by atoms with Crippen LogP contribution in [0.5, 0.6) is 5.75 Å². The first-order valence-electron chi connectivity index (χ1n) is 10.3. The summed E-state index contributed by atoms with van der Waals surface area (Å²) in [5.74, 6) is -1.04. The summed E-state index contributed by atoms with van der Waals surface area (Å²) in [4.78, 5) is 23.9. The van der Waals surface area contributed by atoms with E-state index in [2.05, 4.69) is 11.4 Å². The molecule has 0 bridgehead atoms. The first kappa shape index (κ1) is 21.6. The third-order valence-corrected chi connectivity index (χ3v) is 4.92. The van der Waals surface area contributed by atoms with Gasteiger partial charge in [0.25, 0.3) is 5.91 Å². The Labute approximate surface area is 191 Å². The van der Waals surface area contributed by atoms with E-state index in [9.17, 15) is 14.7 Å². The zero-order valence-electron chi connectivity index (χ0n) is 17.7. The lowest BCUT2D eigenvalue weighted by molar-refractivity contribution is -0.132. The van der Waals surface area contributed by atoms with E-state index in [4.69, 9.17) is 4.74 Å². The van der Waals surface area contributed by atoms with Crippen molar-refractivity contribution in [1.82, 2.24) is 9.88 Å². The number of carboxylic acid groups (broad SMARTS) is 1. The van der Waals surface area contributed by atoms with E-state index in [-0.39, 0.29) is 5.70 Å². The van der Waals surface area contributed by atoms with Crippen LogP contribution in [0.15, 0.2) is 109 Å². The molecule has 1 heterocycles. The first-order valence-corrected chi connectivity index (χ1v) is 10.3. The van der Waals surface area contributed by atoms with Crippen molar-refractivity contribution in [3.05, 3.63) is 126 Å². The number of rotatable bonds is 8. The van der Waals surface area contributed by atoms with Crippen LogP contribution >= 0.6 is 0 Å². The molecule has 4 rings (SSSR count). The average Bonchev–Trinajstić information content (AvgIpc) is 3.39. The highest BCUT2D eigenvalue weighted by atomic mass is 16.5. The molecule has 3 aromatic carbocycles. The van der Waals surface area contributed by atoms with E-state index in [0.29, 0.717) is 23.5 Å². The Morgan fingerprint density at radius 3 is 2.30 bits per heavy atom. The Balaban J connectivity index is 1.41. The van der Waals surface area contributed by atoms with Crippen LogP contribution < -0.4 is 10.1 Å². The Kier molecular flexibility index (Phi) is 6.66. The van der Waals surface area contributed by atoms with Crippen molar-refractivity contribution in [1.29, 1.82) is 0 Å². The summed E-state index contributed by atoms with van der Waals surface area (Å²) in [5, 5.41) is 11.9. The maximum atomic E-state index is 12.3. The number of hydrogen-bond acceptors (Lipinski definition) is 3. The fourth-order valence-corrected chi connectivity index (χ4v) is 3.24. The van der Waals surface area contributed by atoms with Gasteiger partial charge in [-0.25, -0.2) is 4.79 Å². The largest absolute Gasteiger partial charge is 0.489 e. The second-order valence-electron chi connectivity index (χ2n) is 7.30. The van der Waals surface area contributed by atoms with Crippen LogP contribution in [0.25, 0.3) is 11.8 Å². The second-order valence-corrected chi connectivity index (χ2v) is 7.30. The summed E-state index contributed by atoms with van der Waals surface area (Å²) < 4.78 is 7.91. The van der Waals surface area contributed by atoms with Gasteiger partial charge in [0, 0.05) is 23.6 Å². The number of benzene rings is 3. The molecule has 0 aliphatic heterocycles. The molecular formula is C27H22N2O4. The number of hydrogen-bond donors (Lipinski definition) is 2. The number of carbonyl (C=O) groups is 2. The van der Waals surface area contributed by atoms with Crippen LogP contribution in [0.4, 0.5) is 0 Å². The molecule has 0 radical (unpaired) electrons. The molecule has 0 saturated heterocycles. The molecule has 164 valence electrons. The summed E-state index contributed by atoms with van der Waals surface area (Å²) in [5.41, 5.74) is 2.89. The van der Waals surface area contributed by atoms with Crippen molar-refractivity contribution < 1.29 is 19.4 Å². The molecule has 0 fully saturated rings. The van der Waals surface area contributed by atoms with E-state index in [1.165, 1.54) is 6.08 Å². The third-order valence-electron chi connectivity index (χ3n) is 4.92. The van der Waals surface area contributed by atoms with Crippen molar-refractivity contribution in [3.8, 4) is 11.4 Å². The van der Waals surface area contributed by atoms with Crippen molar-refractivity contribution in [3.63, 3.8) is 0 Å². The molecule has 0 saturated carbocycles. The van der Waals surface area contributed by atoms with Gasteiger partial charge < -0.3 is 19.7 Å². The second kappa shape index (κ2) is 10.2. The molecule has 33 heavy (non-hydrogen) atoms. The zero-order chi connectivity index (χ0) is 23.0. The van der Waals surface area contributed by atoms with Crippen molar-refractivity contribution in [2.75, 3.05) is 0 Å². The van der Waals surface area contributed by atoms with E-state index in [1.54, 1.807) is 54.6 Å². The van der Waals surface area contributed by atoms with Gasteiger partial charge >= 0.3 is 5.97 Å². The predicted octanol–water partition coefficient (Wildman–Crippen LogP) is 4.91. The average molecular weight is 438 g/mol. The number of carbonyl (C=O) groups excluding carboxylic acids is 1. The number of aliphatic carboxylic acids is 1. The summed E-state index contributed by atoms with van der Waals surface area (Å²) >= 11 is 0. The molecule has 0 aliphatic carbocycles.